The zero-order chi connectivity index (χ0) is 16.1. The molecule has 4 fully saturated rings. The van der Waals surface area contributed by atoms with E-state index in [4.69, 9.17) is 4.84 Å². The number of hydrogen-bond donors (Lipinski definition) is 1. The average Bonchev–Trinajstić information content (AvgIpc) is 3.49. The average molecular weight is 326 g/mol. The Bertz CT molecular complexity index is 762. The summed E-state index contributed by atoms with van der Waals surface area (Å²) in [5, 5.41) is 11.7. The lowest BCUT2D eigenvalue weighted by Gasteiger charge is -2.23. The van der Waals surface area contributed by atoms with Gasteiger partial charge in [-0.2, -0.15) is 5.10 Å². The van der Waals surface area contributed by atoms with Gasteiger partial charge in [-0.25, -0.2) is 0 Å². The maximum Gasteiger partial charge on any atom is 0.274 e. The molecule has 1 aromatic heterocycles. The standard InChI is InChI=1S/C18H22N4O2/c1-17(15-7-18(4-5-18)24-21-15)11-8-22(9-12(11)17)16(23)14-6-13(19-20-14)10-2-3-10/h6,10-12H,2-5,7-9H2,1H3,(H,19,20). The Hall–Kier alpha value is -1.85. The Labute approximate surface area is 140 Å². The molecule has 2 unspecified atom stereocenters. The van der Waals surface area contributed by atoms with Gasteiger partial charge in [-0.05, 0) is 43.6 Å². The van der Waals surface area contributed by atoms with Gasteiger partial charge in [-0.15, -0.1) is 0 Å². The second-order valence-electron chi connectivity index (χ2n) is 8.68. The normalized spacial score (nSPS) is 38.0. The van der Waals surface area contributed by atoms with Crippen LogP contribution in [-0.2, 0) is 4.84 Å². The minimum absolute atomic E-state index is 0.0684. The molecule has 6 nitrogen and oxygen atoms in total. The van der Waals surface area contributed by atoms with E-state index in [2.05, 4.69) is 22.3 Å². The first kappa shape index (κ1) is 13.4. The number of aromatic amines is 1. The van der Waals surface area contributed by atoms with Gasteiger partial charge in [0.2, 0.25) is 0 Å². The molecule has 24 heavy (non-hydrogen) atoms. The molecule has 2 atom stereocenters. The molecule has 5 aliphatic rings. The molecule has 6 heteroatoms. The van der Waals surface area contributed by atoms with Gasteiger partial charge in [0.25, 0.3) is 5.91 Å². The third-order valence-electron chi connectivity index (χ3n) is 7.14. The van der Waals surface area contributed by atoms with Crippen molar-refractivity contribution in [2.75, 3.05) is 13.1 Å². The predicted molar refractivity (Wildman–Crippen MR) is 86.7 cm³/mol. The number of hydrogen-bond acceptors (Lipinski definition) is 4. The molecule has 1 amide bonds. The molecule has 3 aliphatic carbocycles. The number of nitrogens with zero attached hydrogens (tertiary/aromatic N) is 3. The Kier molecular flexibility index (Phi) is 2.26. The third kappa shape index (κ3) is 1.69. The topological polar surface area (TPSA) is 70.6 Å². The molecule has 1 spiro atoms. The van der Waals surface area contributed by atoms with Crippen LogP contribution in [0.1, 0.15) is 61.1 Å². The van der Waals surface area contributed by atoms with Crippen molar-refractivity contribution in [3.8, 4) is 0 Å². The number of piperidine rings is 1. The van der Waals surface area contributed by atoms with Crippen molar-refractivity contribution in [3.63, 3.8) is 0 Å². The van der Waals surface area contributed by atoms with E-state index < -0.39 is 0 Å². The summed E-state index contributed by atoms with van der Waals surface area (Å²) in [5.41, 5.74) is 3.18. The quantitative estimate of drug-likeness (QED) is 0.926. The molecule has 1 N–H and O–H groups in total. The van der Waals surface area contributed by atoms with Crippen molar-refractivity contribution < 1.29 is 9.63 Å². The number of likely N-dealkylation sites (tertiary alicyclic amines) is 1. The highest BCUT2D eigenvalue weighted by molar-refractivity contribution is 5.97. The molecule has 0 radical (unpaired) electrons. The number of carbonyl (C=O) groups is 1. The fourth-order valence-electron chi connectivity index (χ4n) is 4.90. The maximum absolute atomic E-state index is 12.7. The van der Waals surface area contributed by atoms with Crippen LogP contribution in [0, 0.1) is 17.3 Å². The van der Waals surface area contributed by atoms with Crippen LogP contribution in [0.3, 0.4) is 0 Å². The zero-order valence-electron chi connectivity index (χ0n) is 13.9. The Balaban J connectivity index is 1.15. The van der Waals surface area contributed by atoms with Gasteiger partial charge in [0.15, 0.2) is 0 Å². The van der Waals surface area contributed by atoms with Crippen LogP contribution in [0.4, 0.5) is 0 Å². The summed E-state index contributed by atoms with van der Waals surface area (Å²) in [6.07, 6.45) is 5.74. The van der Waals surface area contributed by atoms with Crippen LogP contribution < -0.4 is 0 Å². The molecular formula is C18H22N4O2. The number of rotatable bonds is 3. The number of nitrogens with one attached hydrogen (secondary N) is 1. The van der Waals surface area contributed by atoms with Crippen LogP contribution in [0.25, 0.3) is 0 Å². The fourth-order valence-corrected chi connectivity index (χ4v) is 4.90. The summed E-state index contributed by atoms with van der Waals surface area (Å²) in [7, 11) is 0. The van der Waals surface area contributed by atoms with Crippen molar-refractivity contribution in [1.29, 1.82) is 0 Å². The number of amides is 1. The van der Waals surface area contributed by atoms with E-state index in [1.54, 1.807) is 0 Å². The maximum atomic E-state index is 12.7. The van der Waals surface area contributed by atoms with Crippen molar-refractivity contribution in [2.45, 2.75) is 50.5 Å². The SMILES string of the molecule is CC1(C2=NOC3(CC3)C2)C2CN(C(=O)c3cc(C4CC4)[nH]n3)CC21. The molecule has 3 heterocycles. The molecule has 126 valence electrons. The first-order chi connectivity index (χ1) is 11.6. The smallest absolute Gasteiger partial charge is 0.274 e. The predicted octanol–water partition coefficient (Wildman–Crippen LogP) is 2.30. The van der Waals surface area contributed by atoms with Crippen molar-refractivity contribution >= 4 is 11.6 Å². The van der Waals surface area contributed by atoms with Crippen molar-refractivity contribution in [2.24, 2.45) is 22.4 Å². The van der Waals surface area contributed by atoms with E-state index in [0.29, 0.717) is 23.4 Å². The largest absolute Gasteiger partial charge is 0.389 e. The van der Waals surface area contributed by atoms with Crippen LogP contribution in [0.2, 0.25) is 0 Å². The third-order valence-corrected chi connectivity index (χ3v) is 7.14. The number of aromatic nitrogens is 2. The first-order valence-corrected chi connectivity index (χ1v) is 9.19. The summed E-state index contributed by atoms with van der Waals surface area (Å²) >= 11 is 0. The molecule has 6 rings (SSSR count). The van der Waals surface area contributed by atoms with Gasteiger partial charge in [-0.1, -0.05) is 12.1 Å². The summed E-state index contributed by atoms with van der Waals surface area (Å²) in [6, 6.07) is 1.95. The molecule has 0 aromatic carbocycles. The molecule has 1 aromatic rings. The lowest BCUT2D eigenvalue weighted by atomic mass is 9.91. The van der Waals surface area contributed by atoms with E-state index in [0.717, 1.165) is 38.0 Å². The second-order valence-corrected chi connectivity index (χ2v) is 8.68. The van der Waals surface area contributed by atoms with Crippen LogP contribution in [0.5, 0.6) is 0 Å². The Morgan fingerprint density at radius 3 is 2.71 bits per heavy atom. The molecule has 0 bridgehead atoms. The molecule has 1 saturated heterocycles. The van der Waals surface area contributed by atoms with Gasteiger partial charge in [0.05, 0.1) is 5.71 Å². The lowest BCUT2D eigenvalue weighted by Crippen LogP contribution is -2.35. The minimum Gasteiger partial charge on any atom is -0.389 e. The Morgan fingerprint density at radius 2 is 2.08 bits per heavy atom. The van der Waals surface area contributed by atoms with Gasteiger partial charge in [-0.3, -0.25) is 9.89 Å². The highest BCUT2D eigenvalue weighted by atomic mass is 16.7. The van der Waals surface area contributed by atoms with Gasteiger partial charge >= 0.3 is 0 Å². The summed E-state index contributed by atoms with van der Waals surface area (Å²) < 4.78 is 0. The number of oxime groups is 1. The number of carbonyl (C=O) groups excluding carboxylic acids is 1. The number of H-pyrrole nitrogens is 1. The van der Waals surface area contributed by atoms with E-state index >= 15 is 0 Å². The summed E-state index contributed by atoms with van der Waals surface area (Å²) in [6.45, 7) is 3.97. The van der Waals surface area contributed by atoms with E-state index in [1.807, 2.05) is 11.0 Å². The zero-order valence-corrected chi connectivity index (χ0v) is 13.9. The summed E-state index contributed by atoms with van der Waals surface area (Å²) in [5.74, 6) is 1.76. The molecule has 2 aliphatic heterocycles. The lowest BCUT2D eigenvalue weighted by molar-refractivity contribution is 0.0650. The molecule has 3 saturated carbocycles. The summed E-state index contributed by atoms with van der Waals surface area (Å²) in [4.78, 5) is 20.3. The minimum atomic E-state index is 0.0684. The van der Waals surface area contributed by atoms with Gasteiger partial charge in [0.1, 0.15) is 11.3 Å². The van der Waals surface area contributed by atoms with Crippen molar-refractivity contribution in [1.82, 2.24) is 15.1 Å². The number of fused-ring (bicyclic) bond motifs is 1. The highest BCUT2D eigenvalue weighted by Crippen LogP contribution is 2.66. The van der Waals surface area contributed by atoms with E-state index in [1.165, 1.54) is 18.6 Å². The monoisotopic (exact) mass is 326 g/mol. The van der Waals surface area contributed by atoms with Crippen LogP contribution in [0.15, 0.2) is 11.2 Å². The second kappa shape index (κ2) is 4.03. The van der Waals surface area contributed by atoms with Crippen LogP contribution in [-0.4, -0.2) is 45.4 Å². The fraction of sp³-hybridized carbons (Fsp3) is 0.722. The van der Waals surface area contributed by atoms with Crippen LogP contribution >= 0.6 is 0 Å². The highest BCUT2D eigenvalue weighted by Gasteiger charge is 2.70. The van der Waals surface area contributed by atoms with Gasteiger partial charge < -0.3 is 9.74 Å². The Morgan fingerprint density at radius 1 is 1.33 bits per heavy atom. The van der Waals surface area contributed by atoms with Crippen molar-refractivity contribution in [3.05, 3.63) is 17.5 Å². The first-order valence-electron chi connectivity index (χ1n) is 9.19. The van der Waals surface area contributed by atoms with E-state index in [-0.39, 0.29) is 16.9 Å². The van der Waals surface area contributed by atoms with Gasteiger partial charge in [0, 0.05) is 36.5 Å². The van der Waals surface area contributed by atoms with E-state index in [9.17, 15) is 4.79 Å². The molecular weight excluding hydrogens is 304 g/mol.